The van der Waals surface area contributed by atoms with Crippen molar-refractivity contribution in [3.05, 3.63) is 60.2 Å². The maximum atomic E-state index is 12.3. The predicted octanol–water partition coefficient (Wildman–Crippen LogP) is 7.68. The van der Waals surface area contributed by atoms with E-state index >= 15 is 0 Å². The van der Waals surface area contributed by atoms with E-state index in [0.717, 1.165) is 40.7 Å². The highest BCUT2D eigenvalue weighted by Gasteiger charge is 2.28. The quantitative estimate of drug-likeness (QED) is 0.143. The number of benzene rings is 3. The van der Waals surface area contributed by atoms with Crippen molar-refractivity contribution < 1.29 is 28.8 Å². The Bertz CT molecular complexity index is 1180. The Morgan fingerprint density at radius 2 is 1.44 bits per heavy atom. The van der Waals surface area contributed by atoms with Crippen LogP contribution in [0.3, 0.4) is 0 Å². The van der Waals surface area contributed by atoms with E-state index in [9.17, 15) is 9.90 Å². The maximum Gasteiger partial charge on any atom is 0.341 e. The molecular weight excluding hydrogens is 516 g/mol. The molecule has 0 radical (unpaired) electrons. The molecule has 6 unspecified atom stereocenters. The molecule has 6 nitrogen and oxygen atoms in total. The summed E-state index contributed by atoms with van der Waals surface area (Å²) in [5.74, 6) is 0.893. The molecule has 0 bridgehead atoms. The van der Waals surface area contributed by atoms with Crippen molar-refractivity contribution in [2.24, 2.45) is 11.8 Å². The molecule has 3 aliphatic rings. The van der Waals surface area contributed by atoms with Gasteiger partial charge in [-0.05, 0) is 73.1 Å². The van der Waals surface area contributed by atoms with Crippen molar-refractivity contribution in [2.45, 2.75) is 96.7 Å². The Morgan fingerprint density at radius 3 is 1.98 bits per heavy atom. The fraction of sp³-hybridized carbons (Fsp3) is 0.571. The summed E-state index contributed by atoms with van der Waals surface area (Å²) < 4.78 is 21.5. The van der Waals surface area contributed by atoms with Crippen molar-refractivity contribution in [3.63, 3.8) is 0 Å². The van der Waals surface area contributed by atoms with E-state index in [1.807, 2.05) is 61.7 Å². The number of aliphatic hydroxyl groups is 1. The van der Waals surface area contributed by atoms with Crippen molar-refractivity contribution in [2.75, 3.05) is 20.3 Å². The molecule has 3 fully saturated rings. The standard InChI is InChI=1S/C17H14O3.C15H28O2.C3H6O/c1-11(18)20-17(19)16-14-8-4-2-6-12(14)10-13-7-3-5-9-15(13)16;1-12-7-3-5-9-14(12)17-11-13-8-4-6-10-15(13)16-2;1-3-2-4-3/h2-11,18H,1H3;12-15H,3-11H2,1-2H3;3H,2H2,1H3. The predicted molar refractivity (Wildman–Crippen MR) is 164 cm³/mol. The normalized spacial score (nSPS) is 26.2. The number of methoxy groups -OCH3 is 1. The van der Waals surface area contributed by atoms with Crippen LogP contribution in [-0.4, -0.2) is 56.0 Å². The number of hydrogen-bond donors (Lipinski definition) is 1. The SMILES string of the molecule is CC(O)OC(=O)c1c2ccccc2cc2ccccc12.CC1CO1.COC1CCCCC1COC1CCCCC1C. The lowest BCUT2D eigenvalue weighted by Crippen LogP contribution is -2.34. The van der Waals surface area contributed by atoms with E-state index in [1.54, 1.807) is 0 Å². The lowest BCUT2D eigenvalue weighted by atomic mass is 9.86. The zero-order valence-electron chi connectivity index (χ0n) is 25.2. The molecule has 1 aliphatic heterocycles. The van der Waals surface area contributed by atoms with Gasteiger partial charge in [0.2, 0.25) is 0 Å². The maximum absolute atomic E-state index is 12.3. The second-order valence-electron chi connectivity index (χ2n) is 11.8. The lowest BCUT2D eigenvalue weighted by molar-refractivity contribution is -0.0652. The number of fused-ring (bicyclic) bond motifs is 2. The highest BCUT2D eigenvalue weighted by molar-refractivity contribution is 6.16. The molecule has 41 heavy (non-hydrogen) atoms. The van der Waals surface area contributed by atoms with Crippen LogP contribution in [0.25, 0.3) is 21.5 Å². The molecule has 3 aromatic rings. The Hall–Kier alpha value is -2.51. The van der Waals surface area contributed by atoms with Crippen molar-refractivity contribution in [1.29, 1.82) is 0 Å². The number of aliphatic hydroxyl groups excluding tert-OH is 1. The topological polar surface area (TPSA) is 77.5 Å². The van der Waals surface area contributed by atoms with Crippen LogP contribution in [0.1, 0.15) is 82.5 Å². The summed E-state index contributed by atoms with van der Waals surface area (Å²) in [6.45, 7) is 7.73. The van der Waals surface area contributed by atoms with Crippen LogP contribution in [0.2, 0.25) is 0 Å². The van der Waals surface area contributed by atoms with Crippen LogP contribution in [-0.2, 0) is 18.9 Å². The third-order valence-corrected chi connectivity index (χ3v) is 8.45. The Balaban J connectivity index is 0.000000168. The Labute approximate surface area is 245 Å². The molecule has 0 aromatic heterocycles. The van der Waals surface area contributed by atoms with Crippen molar-refractivity contribution in [1.82, 2.24) is 0 Å². The van der Waals surface area contributed by atoms with Gasteiger partial charge in [-0.2, -0.15) is 0 Å². The van der Waals surface area contributed by atoms with Crippen LogP contribution in [0.5, 0.6) is 0 Å². The number of hydrogen-bond acceptors (Lipinski definition) is 6. The lowest BCUT2D eigenvalue weighted by Gasteiger charge is -2.34. The minimum Gasteiger partial charge on any atom is -0.433 e. The van der Waals surface area contributed by atoms with Gasteiger partial charge in [0.25, 0.3) is 0 Å². The van der Waals surface area contributed by atoms with Gasteiger partial charge in [0.15, 0.2) is 6.29 Å². The number of carbonyl (C=O) groups is 1. The fourth-order valence-electron chi connectivity index (χ4n) is 6.00. The van der Waals surface area contributed by atoms with Gasteiger partial charge in [-0.1, -0.05) is 81.1 Å². The fourth-order valence-corrected chi connectivity index (χ4v) is 6.00. The van der Waals surface area contributed by atoms with Crippen LogP contribution in [0.15, 0.2) is 54.6 Å². The number of esters is 1. The molecule has 2 saturated carbocycles. The summed E-state index contributed by atoms with van der Waals surface area (Å²) >= 11 is 0. The van der Waals surface area contributed by atoms with E-state index in [-0.39, 0.29) is 0 Å². The van der Waals surface area contributed by atoms with Gasteiger partial charge in [0.1, 0.15) is 0 Å². The van der Waals surface area contributed by atoms with Gasteiger partial charge in [-0.15, -0.1) is 0 Å². The summed E-state index contributed by atoms with van der Waals surface area (Å²) in [4.78, 5) is 12.3. The van der Waals surface area contributed by atoms with Gasteiger partial charge in [0, 0.05) is 13.0 Å². The average Bonchev–Trinajstić information content (AvgIpc) is 3.77. The van der Waals surface area contributed by atoms with Gasteiger partial charge >= 0.3 is 5.97 Å². The average molecular weight is 565 g/mol. The second-order valence-corrected chi connectivity index (χ2v) is 11.8. The largest absolute Gasteiger partial charge is 0.433 e. The minimum atomic E-state index is -1.12. The van der Waals surface area contributed by atoms with E-state index in [0.29, 0.717) is 29.8 Å². The van der Waals surface area contributed by atoms with E-state index < -0.39 is 12.3 Å². The molecule has 0 spiro atoms. The summed E-state index contributed by atoms with van der Waals surface area (Å²) in [5.41, 5.74) is 0.500. The third-order valence-electron chi connectivity index (χ3n) is 8.45. The zero-order valence-corrected chi connectivity index (χ0v) is 25.2. The number of epoxide rings is 1. The first-order valence-corrected chi connectivity index (χ1v) is 15.4. The molecule has 224 valence electrons. The molecular formula is C35H48O6. The number of ether oxygens (including phenoxy) is 4. The summed E-state index contributed by atoms with van der Waals surface area (Å²) in [6, 6.07) is 17.4. The number of carbonyl (C=O) groups excluding carboxylic acids is 1. The van der Waals surface area contributed by atoms with Crippen LogP contribution < -0.4 is 0 Å². The molecule has 2 aliphatic carbocycles. The molecule has 6 atom stereocenters. The van der Waals surface area contributed by atoms with E-state index in [4.69, 9.17) is 18.9 Å². The Kier molecular flexibility index (Phi) is 12.0. The van der Waals surface area contributed by atoms with E-state index in [2.05, 4.69) is 13.8 Å². The minimum absolute atomic E-state index is 0.447. The first kappa shape index (κ1) is 31.4. The van der Waals surface area contributed by atoms with Crippen LogP contribution in [0, 0.1) is 11.8 Å². The molecule has 3 aromatic carbocycles. The second kappa shape index (κ2) is 15.6. The van der Waals surface area contributed by atoms with Crippen molar-refractivity contribution >= 4 is 27.5 Å². The summed E-state index contributed by atoms with van der Waals surface area (Å²) in [6.07, 6.45) is 11.0. The first-order chi connectivity index (χ1) is 19.9. The van der Waals surface area contributed by atoms with Gasteiger partial charge in [0.05, 0.1) is 37.1 Å². The molecule has 1 saturated heterocycles. The summed E-state index contributed by atoms with van der Waals surface area (Å²) in [5, 5.41) is 12.9. The zero-order chi connectivity index (χ0) is 29.2. The third kappa shape index (κ3) is 9.24. The van der Waals surface area contributed by atoms with Gasteiger partial charge < -0.3 is 24.1 Å². The number of rotatable bonds is 6. The smallest absolute Gasteiger partial charge is 0.341 e. The molecule has 0 amide bonds. The molecule has 6 heteroatoms. The van der Waals surface area contributed by atoms with Crippen LogP contribution in [0.4, 0.5) is 0 Å². The van der Waals surface area contributed by atoms with Crippen LogP contribution >= 0.6 is 0 Å². The molecule has 1 heterocycles. The highest BCUT2D eigenvalue weighted by atomic mass is 16.6. The highest BCUT2D eigenvalue weighted by Crippen LogP contribution is 2.31. The molecule has 1 N–H and O–H groups in total. The van der Waals surface area contributed by atoms with Crippen molar-refractivity contribution in [3.8, 4) is 0 Å². The molecule has 6 rings (SSSR count). The Morgan fingerprint density at radius 1 is 0.902 bits per heavy atom. The monoisotopic (exact) mass is 564 g/mol. The van der Waals surface area contributed by atoms with Gasteiger partial charge in [-0.25, -0.2) is 4.79 Å². The summed E-state index contributed by atoms with van der Waals surface area (Å²) in [7, 11) is 1.85. The van der Waals surface area contributed by atoms with Gasteiger partial charge in [-0.3, -0.25) is 0 Å². The van der Waals surface area contributed by atoms with E-state index in [1.165, 1.54) is 58.3 Å². The first-order valence-electron chi connectivity index (χ1n) is 15.4.